The van der Waals surface area contributed by atoms with Crippen molar-refractivity contribution < 1.29 is 5.11 Å². The smallest absolute Gasteiger partial charge is 0.0720 e. The van der Waals surface area contributed by atoms with Gasteiger partial charge in [0, 0.05) is 23.2 Å². The van der Waals surface area contributed by atoms with Crippen LogP contribution in [0.15, 0.2) is 48.7 Å². The molecule has 2 aromatic rings. The van der Waals surface area contributed by atoms with Gasteiger partial charge in [-0.05, 0) is 42.9 Å². The normalized spacial score (nSPS) is 24.1. The number of pyridine rings is 1. The standard InChI is InChI=1S/C18H19NO/c20-17(15-9-8-13-5-4-12-19-16(13)15)18(10-11-18)14-6-2-1-3-7-14/h1-7,12,15,17,20H,8-11H2. The lowest BCUT2D eigenvalue weighted by atomic mass is 9.81. The first-order valence-electron chi connectivity index (χ1n) is 7.49. The van der Waals surface area contributed by atoms with Crippen LogP contribution in [0.25, 0.3) is 0 Å². The Morgan fingerprint density at radius 2 is 1.90 bits per heavy atom. The number of rotatable bonds is 3. The Balaban J connectivity index is 1.68. The van der Waals surface area contributed by atoms with Crippen LogP contribution in [0.5, 0.6) is 0 Å². The summed E-state index contributed by atoms with van der Waals surface area (Å²) in [6.45, 7) is 0. The van der Waals surface area contributed by atoms with Crippen molar-refractivity contribution in [1.82, 2.24) is 4.98 Å². The number of aromatic nitrogens is 1. The van der Waals surface area contributed by atoms with Crippen molar-refractivity contribution in [3.8, 4) is 0 Å². The van der Waals surface area contributed by atoms with Gasteiger partial charge < -0.3 is 5.11 Å². The van der Waals surface area contributed by atoms with Gasteiger partial charge in [-0.3, -0.25) is 4.98 Å². The molecule has 4 rings (SSSR count). The molecule has 0 saturated heterocycles. The Morgan fingerprint density at radius 1 is 1.10 bits per heavy atom. The van der Waals surface area contributed by atoms with Crippen molar-refractivity contribution >= 4 is 0 Å². The van der Waals surface area contributed by atoms with Crippen LogP contribution in [0.4, 0.5) is 0 Å². The van der Waals surface area contributed by atoms with Crippen LogP contribution < -0.4 is 0 Å². The maximum atomic E-state index is 11.0. The molecule has 2 atom stereocenters. The summed E-state index contributed by atoms with van der Waals surface area (Å²) in [5.41, 5.74) is 3.71. The van der Waals surface area contributed by atoms with E-state index in [0.29, 0.717) is 0 Å². The Bertz CT molecular complexity index is 618. The Kier molecular flexibility index (Phi) is 2.67. The molecule has 1 N–H and O–H groups in total. The predicted octanol–water partition coefficient (Wildman–Crippen LogP) is 3.20. The predicted molar refractivity (Wildman–Crippen MR) is 78.7 cm³/mol. The molecule has 2 unspecified atom stereocenters. The summed E-state index contributed by atoms with van der Waals surface area (Å²) in [5.74, 6) is 0.203. The van der Waals surface area contributed by atoms with Crippen LogP contribution in [0.2, 0.25) is 0 Å². The Labute approximate surface area is 119 Å². The average Bonchev–Trinajstić information content (AvgIpc) is 3.21. The third-order valence-electron chi connectivity index (χ3n) is 5.09. The topological polar surface area (TPSA) is 33.1 Å². The summed E-state index contributed by atoms with van der Waals surface area (Å²) in [4.78, 5) is 4.54. The van der Waals surface area contributed by atoms with Gasteiger partial charge in [-0.15, -0.1) is 0 Å². The molecular weight excluding hydrogens is 246 g/mol. The Hall–Kier alpha value is -1.67. The molecule has 102 valence electrons. The number of hydrogen-bond acceptors (Lipinski definition) is 2. The molecule has 2 aliphatic rings. The molecule has 0 radical (unpaired) electrons. The van der Waals surface area contributed by atoms with E-state index >= 15 is 0 Å². The van der Waals surface area contributed by atoms with Crippen molar-refractivity contribution in [1.29, 1.82) is 0 Å². The van der Waals surface area contributed by atoms with Crippen LogP contribution in [-0.4, -0.2) is 16.2 Å². The highest BCUT2D eigenvalue weighted by Crippen LogP contribution is 2.55. The Morgan fingerprint density at radius 3 is 2.65 bits per heavy atom. The van der Waals surface area contributed by atoms with Crippen molar-refractivity contribution in [3.05, 3.63) is 65.5 Å². The van der Waals surface area contributed by atoms with Crippen molar-refractivity contribution in [3.63, 3.8) is 0 Å². The van der Waals surface area contributed by atoms with E-state index in [9.17, 15) is 5.11 Å². The molecule has 20 heavy (non-hydrogen) atoms. The molecule has 1 saturated carbocycles. The first-order chi connectivity index (χ1) is 9.81. The van der Waals surface area contributed by atoms with Crippen molar-refractivity contribution in [2.24, 2.45) is 0 Å². The van der Waals surface area contributed by atoms with Crippen LogP contribution >= 0.6 is 0 Å². The highest BCUT2D eigenvalue weighted by molar-refractivity contribution is 5.38. The summed E-state index contributed by atoms with van der Waals surface area (Å²) >= 11 is 0. The highest BCUT2D eigenvalue weighted by atomic mass is 16.3. The first kappa shape index (κ1) is 12.1. The quantitative estimate of drug-likeness (QED) is 0.924. The molecule has 2 aliphatic carbocycles. The number of benzene rings is 1. The maximum absolute atomic E-state index is 11.0. The van der Waals surface area contributed by atoms with Gasteiger partial charge in [-0.2, -0.15) is 0 Å². The van der Waals surface area contributed by atoms with Gasteiger partial charge >= 0.3 is 0 Å². The van der Waals surface area contributed by atoms with Crippen LogP contribution in [-0.2, 0) is 11.8 Å². The largest absolute Gasteiger partial charge is 0.392 e. The van der Waals surface area contributed by atoms with E-state index in [2.05, 4.69) is 35.3 Å². The molecule has 1 aromatic heterocycles. The second kappa shape index (κ2) is 4.42. The molecule has 2 heteroatoms. The van der Waals surface area contributed by atoms with Crippen LogP contribution in [0, 0.1) is 0 Å². The molecular formula is C18H19NO. The van der Waals surface area contributed by atoms with E-state index in [0.717, 1.165) is 31.4 Å². The van der Waals surface area contributed by atoms with E-state index in [-0.39, 0.29) is 17.4 Å². The van der Waals surface area contributed by atoms with Crippen molar-refractivity contribution in [2.75, 3.05) is 0 Å². The molecule has 1 fully saturated rings. The second-order valence-corrected chi connectivity index (χ2v) is 6.16. The summed E-state index contributed by atoms with van der Waals surface area (Å²) < 4.78 is 0. The van der Waals surface area contributed by atoms with E-state index in [1.54, 1.807) is 0 Å². The number of nitrogens with zero attached hydrogens (tertiary/aromatic N) is 1. The SMILES string of the molecule is OC(C1CCc2cccnc21)C1(c2ccccc2)CC1. The van der Waals surface area contributed by atoms with Gasteiger partial charge in [-0.1, -0.05) is 36.4 Å². The fraction of sp³-hybridized carbons (Fsp3) is 0.389. The van der Waals surface area contributed by atoms with Gasteiger partial charge in [0.2, 0.25) is 0 Å². The minimum Gasteiger partial charge on any atom is -0.392 e. The molecule has 1 aromatic carbocycles. The molecule has 1 heterocycles. The van der Waals surface area contributed by atoms with E-state index in [4.69, 9.17) is 0 Å². The number of hydrogen-bond donors (Lipinski definition) is 1. The number of aliphatic hydroxyl groups excluding tert-OH is 1. The zero-order chi connectivity index (χ0) is 13.6. The summed E-state index contributed by atoms with van der Waals surface area (Å²) in [6.07, 6.45) is 5.82. The van der Waals surface area contributed by atoms with Gasteiger partial charge in [0.05, 0.1) is 6.10 Å². The third kappa shape index (κ3) is 1.71. The summed E-state index contributed by atoms with van der Waals surface area (Å²) in [6, 6.07) is 14.6. The van der Waals surface area contributed by atoms with E-state index in [1.807, 2.05) is 18.3 Å². The van der Waals surface area contributed by atoms with Crippen molar-refractivity contribution in [2.45, 2.75) is 43.1 Å². The van der Waals surface area contributed by atoms with E-state index < -0.39 is 0 Å². The number of aryl methyl sites for hydroxylation is 1. The van der Waals surface area contributed by atoms with Gasteiger partial charge in [-0.25, -0.2) is 0 Å². The fourth-order valence-electron chi connectivity index (χ4n) is 3.80. The lowest BCUT2D eigenvalue weighted by Crippen LogP contribution is -2.31. The summed E-state index contributed by atoms with van der Waals surface area (Å²) in [5, 5.41) is 11.0. The lowest BCUT2D eigenvalue weighted by molar-refractivity contribution is 0.100. The van der Waals surface area contributed by atoms with Gasteiger partial charge in [0.25, 0.3) is 0 Å². The van der Waals surface area contributed by atoms with Crippen LogP contribution in [0.3, 0.4) is 0 Å². The summed E-state index contributed by atoms with van der Waals surface area (Å²) in [7, 11) is 0. The fourth-order valence-corrected chi connectivity index (χ4v) is 3.80. The zero-order valence-corrected chi connectivity index (χ0v) is 11.5. The van der Waals surface area contributed by atoms with Crippen LogP contribution in [0.1, 0.15) is 42.0 Å². The molecule has 0 spiro atoms. The monoisotopic (exact) mass is 265 g/mol. The van der Waals surface area contributed by atoms with Gasteiger partial charge in [0.15, 0.2) is 0 Å². The lowest BCUT2D eigenvalue weighted by Gasteiger charge is -2.28. The zero-order valence-electron chi connectivity index (χ0n) is 11.5. The van der Waals surface area contributed by atoms with E-state index in [1.165, 1.54) is 11.1 Å². The third-order valence-corrected chi connectivity index (χ3v) is 5.09. The second-order valence-electron chi connectivity index (χ2n) is 6.16. The average molecular weight is 265 g/mol. The van der Waals surface area contributed by atoms with Gasteiger partial charge in [0.1, 0.15) is 0 Å². The maximum Gasteiger partial charge on any atom is 0.0720 e. The number of aliphatic hydroxyl groups is 1. The minimum absolute atomic E-state index is 0.0228. The molecule has 0 aliphatic heterocycles. The number of fused-ring (bicyclic) bond motifs is 1. The molecule has 2 nitrogen and oxygen atoms in total. The molecule has 0 amide bonds. The first-order valence-corrected chi connectivity index (χ1v) is 7.49. The minimum atomic E-state index is -0.305. The molecule has 0 bridgehead atoms. The highest BCUT2D eigenvalue weighted by Gasteiger charge is 2.53.